The Morgan fingerprint density at radius 1 is 1.40 bits per heavy atom. The van der Waals surface area contributed by atoms with Crippen LogP contribution >= 0.6 is 13.5 Å². The Kier molecular flexibility index (Phi) is 5.97. The first-order valence-electron chi connectivity index (χ1n) is 8.10. The third-order valence-corrected chi connectivity index (χ3v) is 4.72. The van der Waals surface area contributed by atoms with Gasteiger partial charge in [0.15, 0.2) is 0 Å². The van der Waals surface area contributed by atoms with Gasteiger partial charge in [0, 0.05) is 24.3 Å². The number of carbonyl (C=O) groups excluding carboxylic acids is 2. The molecule has 8 heteroatoms. The summed E-state index contributed by atoms with van der Waals surface area (Å²) in [5.41, 5.74) is 1.96. The maximum absolute atomic E-state index is 13.0. The fourth-order valence-corrected chi connectivity index (χ4v) is 3.19. The number of nitrogens with zero attached hydrogens (tertiary/aromatic N) is 1. The van der Waals surface area contributed by atoms with Crippen LogP contribution in [0.4, 0.5) is 0 Å². The van der Waals surface area contributed by atoms with E-state index in [4.69, 9.17) is 14.7 Å². The van der Waals surface area contributed by atoms with Crippen molar-refractivity contribution in [2.45, 2.75) is 44.9 Å². The molecule has 0 saturated carbocycles. The minimum atomic E-state index is -0.768. The molecule has 0 radical (unpaired) electrons. The Balaban J connectivity index is 0.00000225. The molecule has 0 bridgehead atoms. The zero-order valence-corrected chi connectivity index (χ0v) is 15.4. The van der Waals surface area contributed by atoms with Gasteiger partial charge in [0.05, 0.1) is 6.04 Å². The van der Waals surface area contributed by atoms with Gasteiger partial charge >= 0.3 is 0 Å². The van der Waals surface area contributed by atoms with Gasteiger partial charge in [-0.05, 0) is 38.8 Å². The molecule has 1 aromatic carbocycles. The lowest BCUT2D eigenvalue weighted by atomic mass is 9.99. The number of nitrogens with one attached hydrogen (secondary N) is 1. The van der Waals surface area contributed by atoms with E-state index in [1.807, 2.05) is 13.8 Å². The Labute approximate surface area is 153 Å². The number of hydrogen-bond donors (Lipinski definition) is 2. The van der Waals surface area contributed by atoms with Gasteiger partial charge in [0.1, 0.15) is 18.0 Å². The van der Waals surface area contributed by atoms with Crippen LogP contribution in [0.5, 0.6) is 5.75 Å². The second kappa shape index (κ2) is 7.63. The number of rotatable bonds is 2. The minimum Gasteiger partial charge on any atom is -0.491 e. The molecule has 0 aromatic heterocycles. The van der Waals surface area contributed by atoms with Crippen molar-refractivity contribution in [2.75, 3.05) is 13.2 Å². The van der Waals surface area contributed by atoms with Crippen molar-refractivity contribution in [3.63, 3.8) is 0 Å². The van der Waals surface area contributed by atoms with E-state index in [-0.39, 0.29) is 25.4 Å². The first-order chi connectivity index (χ1) is 11.4. The molecule has 0 aliphatic carbocycles. The van der Waals surface area contributed by atoms with E-state index in [0.717, 1.165) is 18.4 Å². The molecule has 2 atom stereocenters. The molecule has 2 N–H and O–H groups in total. The summed E-state index contributed by atoms with van der Waals surface area (Å²) in [5.74, 6) is -0.0737. The van der Waals surface area contributed by atoms with Crippen LogP contribution < -0.4 is 10.2 Å². The number of carbonyl (C=O) groups is 2. The summed E-state index contributed by atoms with van der Waals surface area (Å²) >= 11 is 0. The van der Waals surface area contributed by atoms with Gasteiger partial charge in [-0.3, -0.25) is 14.8 Å². The molecular formula is C17H24N2O5S. The second-order valence-corrected chi connectivity index (χ2v) is 6.54. The zero-order chi connectivity index (χ0) is 17.3. The third kappa shape index (κ3) is 3.75. The van der Waals surface area contributed by atoms with E-state index in [1.165, 1.54) is 0 Å². The van der Waals surface area contributed by atoms with E-state index in [2.05, 4.69) is 0 Å². The molecule has 2 amide bonds. The van der Waals surface area contributed by atoms with Crippen LogP contribution in [-0.2, 0) is 16.1 Å². The molecule has 1 aromatic rings. The average Bonchev–Trinajstić information content (AvgIpc) is 2.97. The topological polar surface area (TPSA) is 88.1 Å². The van der Waals surface area contributed by atoms with E-state index >= 15 is 0 Å². The van der Waals surface area contributed by atoms with E-state index in [1.54, 1.807) is 28.6 Å². The van der Waals surface area contributed by atoms with Crippen molar-refractivity contribution < 1.29 is 24.3 Å². The van der Waals surface area contributed by atoms with Gasteiger partial charge in [-0.25, -0.2) is 5.48 Å². The van der Waals surface area contributed by atoms with Gasteiger partial charge in [0.2, 0.25) is 0 Å². The lowest BCUT2D eigenvalue weighted by Gasteiger charge is -2.33. The summed E-state index contributed by atoms with van der Waals surface area (Å²) in [6.07, 6.45) is 1.61. The van der Waals surface area contributed by atoms with Crippen molar-refractivity contribution >= 4 is 25.3 Å². The van der Waals surface area contributed by atoms with Gasteiger partial charge in [-0.1, -0.05) is 6.07 Å². The normalized spacial score (nSPS) is 25.2. The molecule has 3 rings (SSSR count). The lowest BCUT2D eigenvalue weighted by Crippen LogP contribution is -2.50. The molecule has 7 nitrogen and oxygen atoms in total. The van der Waals surface area contributed by atoms with Crippen molar-refractivity contribution in [2.24, 2.45) is 0 Å². The van der Waals surface area contributed by atoms with Crippen LogP contribution in [-0.4, -0.2) is 46.8 Å². The number of ether oxygens (including phenoxy) is 2. The van der Waals surface area contributed by atoms with E-state index in [9.17, 15) is 9.59 Å². The summed E-state index contributed by atoms with van der Waals surface area (Å²) in [6.45, 7) is 5.12. The van der Waals surface area contributed by atoms with Crippen LogP contribution in [0.25, 0.3) is 0 Å². The number of amides is 2. The minimum absolute atomic E-state index is 0. The molecule has 2 aliphatic heterocycles. The maximum atomic E-state index is 13.0. The predicted molar refractivity (Wildman–Crippen MR) is 95.2 cm³/mol. The Morgan fingerprint density at radius 2 is 2.16 bits per heavy atom. The molecule has 1 saturated heterocycles. The Bertz CT molecular complexity index is 660. The highest BCUT2D eigenvalue weighted by atomic mass is 32.1. The first-order valence-corrected chi connectivity index (χ1v) is 8.10. The summed E-state index contributed by atoms with van der Waals surface area (Å²) < 4.78 is 11.5. The van der Waals surface area contributed by atoms with Crippen molar-refractivity contribution in [3.8, 4) is 5.75 Å². The number of fused-ring (bicyclic) bond motifs is 1. The largest absolute Gasteiger partial charge is 0.491 e. The summed E-state index contributed by atoms with van der Waals surface area (Å²) in [7, 11) is 0. The monoisotopic (exact) mass is 368 g/mol. The number of benzene rings is 1. The standard InChI is InChI=1S/C17H22N2O5.H2S/c1-11-10-23-14-8-12(15(20)18-22)4-5-13(14)9-19(11)16(21)17(2)6-3-7-24-17;/h4-5,8,11,22H,3,6-7,9-10H2,1-2H3,(H,18,20);1H2/t11-,17?;/m0./s1. The highest BCUT2D eigenvalue weighted by Crippen LogP contribution is 2.32. The fraction of sp³-hybridized carbons (Fsp3) is 0.529. The highest BCUT2D eigenvalue weighted by Gasteiger charge is 2.42. The first kappa shape index (κ1) is 19.6. The highest BCUT2D eigenvalue weighted by molar-refractivity contribution is 7.59. The third-order valence-electron chi connectivity index (χ3n) is 4.72. The molecule has 2 heterocycles. The molecule has 2 aliphatic rings. The molecule has 0 spiro atoms. The van der Waals surface area contributed by atoms with Gasteiger partial charge in [-0.15, -0.1) is 0 Å². The van der Waals surface area contributed by atoms with Crippen LogP contribution in [0.3, 0.4) is 0 Å². The Hall–Kier alpha value is -1.77. The molecular weight excluding hydrogens is 344 g/mol. The van der Waals surface area contributed by atoms with Crippen LogP contribution in [0.15, 0.2) is 18.2 Å². The molecule has 1 fully saturated rings. The summed E-state index contributed by atoms with van der Waals surface area (Å²) in [4.78, 5) is 26.3. The summed E-state index contributed by atoms with van der Waals surface area (Å²) in [6, 6.07) is 4.81. The SMILES string of the molecule is C[C@H]1COc2cc(C(=O)NO)ccc2CN1C(=O)C1(C)CCCO1.S. The van der Waals surface area contributed by atoms with Crippen molar-refractivity contribution in [1.82, 2.24) is 10.4 Å². The van der Waals surface area contributed by atoms with Crippen LogP contribution in [0.1, 0.15) is 42.6 Å². The van der Waals surface area contributed by atoms with Crippen molar-refractivity contribution in [1.29, 1.82) is 0 Å². The predicted octanol–water partition coefficient (Wildman–Crippen LogP) is 1.60. The molecule has 1 unspecified atom stereocenters. The lowest BCUT2D eigenvalue weighted by molar-refractivity contribution is -0.154. The summed E-state index contributed by atoms with van der Waals surface area (Å²) in [5, 5.41) is 8.75. The molecule has 25 heavy (non-hydrogen) atoms. The van der Waals surface area contributed by atoms with Crippen molar-refractivity contribution in [3.05, 3.63) is 29.3 Å². The fourth-order valence-electron chi connectivity index (χ4n) is 3.19. The van der Waals surface area contributed by atoms with Crippen LogP contribution in [0.2, 0.25) is 0 Å². The van der Waals surface area contributed by atoms with Gasteiger partial charge in [-0.2, -0.15) is 13.5 Å². The smallest absolute Gasteiger partial charge is 0.274 e. The molecule has 138 valence electrons. The maximum Gasteiger partial charge on any atom is 0.274 e. The van der Waals surface area contributed by atoms with Gasteiger partial charge < -0.3 is 14.4 Å². The number of hydrogen-bond acceptors (Lipinski definition) is 5. The quantitative estimate of drug-likeness (QED) is 0.611. The average molecular weight is 368 g/mol. The van der Waals surface area contributed by atoms with Gasteiger partial charge in [0.25, 0.3) is 11.8 Å². The Morgan fingerprint density at radius 3 is 2.80 bits per heavy atom. The van der Waals surface area contributed by atoms with Crippen LogP contribution in [0, 0.1) is 0 Å². The number of hydroxylamine groups is 1. The zero-order valence-electron chi connectivity index (χ0n) is 14.4. The van der Waals surface area contributed by atoms with E-state index < -0.39 is 11.5 Å². The second-order valence-electron chi connectivity index (χ2n) is 6.54. The van der Waals surface area contributed by atoms with E-state index in [0.29, 0.717) is 31.1 Å².